The highest BCUT2D eigenvalue weighted by Gasteiger charge is 2.52. The number of carbonyl (C=O) groups excluding carboxylic acids is 1. The molecule has 0 aromatic heterocycles. The number of hydrogen-bond donors (Lipinski definition) is 0. The Balaban J connectivity index is 1.93. The lowest BCUT2D eigenvalue weighted by Gasteiger charge is -2.45. The Labute approximate surface area is 131 Å². The van der Waals surface area contributed by atoms with E-state index in [2.05, 4.69) is 12.2 Å². The first-order valence-corrected chi connectivity index (χ1v) is 9.43. The van der Waals surface area contributed by atoms with Crippen LogP contribution in [0.5, 0.6) is 0 Å². The monoisotopic (exact) mass is 326 g/mol. The second-order valence-corrected chi connectivity index (χ2v) is 8.11. The summed E-state index contributed by atoms with van der Waals surface area (Å²) in [5.41, 5.74) is 1.95. The van der Waals surface area contributed by atoms with E-state index in [0.717, 1.165) is 18.4 Å². The van der Waals surface area contributed by atoms with Crippen molar-refractivity contribution < 1.29 is 17.9 Å². The zero-order valence-corrected chi connectivity index (χ0v) is 13.9. The fourth-order valence-electron chi connectivity index (χ4n) is 4.02. The lowest BCUT2D eigenvalue weighted by molar-refractivity contribution is 0.0856. The fraction of sp³-hybridized carbons (Fsp3) is 0.667. The average Bonchev–Trinajstić information content (AvgIpc) is 2.82. The molecule has 0 aromatic carbocycles. The standard InChI is InChI=1S/C15H22N2O4S/c1-21-14(18)16-9-7-15(8-10-16)13-6-4-3-5-12(13)11-17(15)22(2,19)20/h3,5H,4,6-11H2,1-2H3. The number of methoxy groups -OCH3 is 1. The summed E-state index contributed by atoms with van der Waals surface area (Å²) >= 11 is 0. The average molecular weight is 326 g/mol. The van der Waals surface area contributed by atoms with Crippen LogP contribution in [0, 0.1) is 0 Å². The third-order valence-electron chi connectivity index (χ3n) is 5.04. The number of likely N-dealkylation sites (tertiary alicyclic amines) is 1. The predicted octanol–water partition coefficient (Wildman–Crippen LogP) is 1.51. The first-order valence-electron chi connectivity index (χ1n) is 7.58. The fourth-order valence-corrected chi connectivity index (χ4v) is 5.33. The van der Waals surface area contributed by atoms with Crippen molar-refractivity contribution in [2.24, 2.45) is 0 Å². The van der Waals surface area contributed by atoms with Crippen LogP contribution in [0.1, 0.15) is 25.7 Å². The molecule has 1 spiro atoms. The molecule has 7 heteroatoms. The van der Waals surface area contributed by atoms with Crippen LogP contribution < -0.4 is 0 Å². The van der Waals surface area contributed by atoms with E-state index in [1.165, 1.54) is 18.9 Å². The lowest BCUT2D eigenvalue weighted by Crippen LogP contribution is -2.56. The van der Waals surface area contributed by atoms with Gasteiger partial charge in [0, 0.05) is 19.6 Å². The summed E-state index contributed by atoms with van der Waals surface area (Å²) in [6.45, 7) is 1.52. The van der Waals surface area contributed by atoms with E-state index in [4.69, 9.17) is 4.74 Å². The van der Waals surface area contributed by atoms with E-state index < -0.39 is 15.6 Å². The molecule has 22 heavy (non-hydrogen) atoms. The molecule has 1 fully saturated rings. The summed E-state index contributed by atoms with van der Waals surface area (Å²) < 4.78 is 31.0. The Morgan fingerprint density at radius 1 is 1.32 bits per heavy atom. The Bertz CT molecular complexity index is 642. The molecule has 122 valence electrons. The summed E-state index contributed by atoms with van der Waals surface area (Å²) in [6, 6.07) is 0. The molecule has 0 saturated carbocycles. The first-order chi connectivity index (χ1) is 10.4. The van der Waals surface area contributed by atoms with Crippen LogP contribution in [0.3, 0.4) is 0 Å². The van der Waals surface area contributed by atoms with Gasteiger partial charge in [-0.25, -0.2) is 13.2 Å². The van der Waals surface area contributed by atoms with Crippen molar-refractivity contribution in [3.8, 4) is 0 Å². The summed E-state index contributed by atoms with van der Waals surface area (Å²) in [5, 5.41) is 0. The van der Waals surface area contributed by atoms with Crippen molar-refractivity contribution in [1.82, 2.24) is 9.21 Å². The van der Waals surface area contributed by atoms with Crippen LogP contribution >= 0.6 is 0 Å². The third-order valence-corrected chi connectivity index (χ3v) is 6.32. The van der Waals surface area contributed by atoms with Gasteiger partial charge in [0.05, 0.1) is 18.9 Å². The van der Waals surface area contributed by atoms with E-state index in [-0.39, 0.29) is 6.09 Å². The molecule has 1 aliphatic carbocycles. The van der Waals surface area contributed by atoms with Crippen molar-refractivity contribution in [2.75, 3.05) is 33.0 Å². The van der Waals surface area contributed by atoms with Gasteiger partial charge in [-0.2, -0.15) is 4.31 Å². The molecule has 1 amide bonds. The number of allylic oxidation sites excluding steroid dienone is 1. The maximum absolute atomic E-state index is 12.3. The zero-order valence-electron chi connectivity index (χ0n) is 13.0. The molecule has 6 nitrogen and oxygen atoms in total. The molecule has 2 heterocycles. The van der Waals surface area contributed by atoms with Gasteiger partial charge in [0.15, 0.2) is 0 Å². The van der Waals surface area contributed by atoms with Crippen LogP contribution in [-0.2, 0) is 14.8 Å². The van der Waals surface area contributed by atoms with Gasteiger partial charge in [0.1, 0.15) is 0 Å². The molecule has 0 N–H and O–H groups in total. The molecule has 1 saturated heterocycles. The van der Waals surface area contributed by atoms with E-state index in [1.807, 2.05) is 0 Å². The SMILES string of the molecule is COC(=O)N1CCC2(CC1)C1=C(C=CCC1)CN2S(C)(=O)=O. The first kappa shape index (κ1) is 15.6. The van der Waals surface area contributed by atoms with Gasteiger partial charge in [-0.15, -0.1) is 0 Å². The van der Waals surface area contributed by atoms with Gasteiger partial charge < -0.3 is 9.64 Å². The summed E-state index contributed by atoms with van der Waals surface area (Å²) in [7, 11) is -1.92. The van der Waals surface area contributed by atoms with E-state index in [9.17, 15) is 13.2 Å². The maximum Gasteiger partial charge on any atom is 0.409 e. The summed E-state index contributed by atoms with van der Waals surface area (Å²) in [4.78, 5) is 13.3. The molecule has 0 aromatic rings. The molecular formula is C15H22N2O4S. The predicted molar refractivity (Wildman–Crippen MR) is 82.9 cm³/mol. The number of amides is 1. The minimum atomic E-state index is -3.29. The number of sulfonamides is 1. The van der Waals surface area contributed by atoms with E-state index in [1.54, 1.807) is 9.21 Å². The van der Waals surface area contributed by atoms with Crippen molar-refractivity contribution in [3.05, 3.63) is 23.3 Å². The van der Waals surface area contributed by atoms with Gasteiger partial charge in [0.2, 0.25) is 10.0 Å². The Kier molecular flexibility index (Phi) is 3.81. The molecule has 0 unspecified atom stereocenters. The van der Waals surface area contributed by atoms with Crippen molar-refractivity contribution >= 4 is 16.1 Å². The maximum atomic E-state index is 12.3. The van der Waals surface area contributed by atoms with Gasteiger partial charge in [-0.1, -0.05) is 12.2 Å². The number of rotatable bonds is 1. The number of nitrogens with zero attached hydrogens (tertiary/aromatic N) is 2. The zero-order chi connectivity index (χ0) is 16.0. The second kappa shape index (κ2) is 5.38. The van der Waals surface area contributed by atoms with Gasteiger partial charge in [-0.05, 0) is 36.8 Å². The number of fused-ring (bicyclic) bond motifs is 1. The van der Waals surface area contributed by atoms with Crippen LogP contribution in [0.4, 0.5) is 4.79 Å². The smallest absolute Gasteiger partial charge is 0.409 e. The lowest BCUT2D eigenvalue weighted by atomic mass is 9.78. The number of hydrogen-bond acceptors (Lipinski definition) is 4. The summed E-state index contributed by atoms with van der Waals surface area (Å²) in [6.07, 6.45) is 8.28. The molecule has 0 atom stereocenters. The molecule has 3 rings (SSSR count). The highest BCUT2D eigenvalue weighted by molar-refractivity contribution is 7.88. The van der Waals surface area contributed by atoms with E-state index in [0.29, 0.717) is 32.5 Å². The Hall–Kier alpha value is -1.34. The van der Waals surface area contributed by atoms with Gasteiger partial charge >= 0.3 is 6.09 Å². The topological polar surface area (TPSA) is 66.9 Å². The minimum absolute atomic E-state index is 0.337. The summed E-state index contributed by atoms with van der Waals surface area (Å²) in [5.74, 6) is 0. The Morgan fingerprint density at radius 3 is 2.59 bits per heavy atom. The Morgan fingerprint density at radius 2 is 2.00 bits per heavy atom. The quantitative estimate of drug-likeness (QED) is 0.732. The van der Waals surface area contributed by atoms with Crippen molar-refractivity contribution in [3.63, 3.8) is 0 Å². The molecular weight excluding hydrogens is 304 g/mol. The molecule has 0 radical (unpaired) electrons. The number of carbonyl (C=O) groups is 1. The second-order valence-electron chi connectivity index (χ2n) is 6.20. The van der Waals surface area contributed by atoms with E-state index >= 15 is 0 Å². The van der Waals surface area contributed by atoms with Crippen LogP contribution in [-0.4, -0.2) is 62.3 Å². The molecule has 2 aliphatic heterocycles. The van der Waals surface area contributed by atoms with Crippen LogP contribution in [0.25, 0.3) is 0 Å². The van der Waals surface area contributed by atoms with Gasteiger partial charge in [0.25, 0.3) is 0 Å². The highest BCUT2D eigenvalue weighted by Crippen LogP contribution is 2.47. The van der Waals surface area contributed by atoms with Crippen molar-refractivity contribution in [2.45, 2.75) is 31.2 Å². The third kappa shape index (κ3) is 2.36. The normalized spacial score (nSPS) is 24.7. The molecule has 0 bridgehead atoms. The highest BCUT2D eigenvalue weighted by atomic mass is 32.2. The minimum Gasteiger partial charge on any atom is -0.453 e. The number of piperidine rings is 1. The largest absolute Gasteiger partial charge is 0.453 e. The van der Waals surface area contributed by atoms with Crippen LogP contribution in [0.15, 0.2) is 23.3 Å². The van der Waals surface area contributed by atoms with Crippen molar-refractivity contribution in [1.29, 1.82) is 0 Å². The van der Waals surface area contributed by atoms with Gasteiger partial charge in [-0.3, -0.25) is 0 Å². The van der Waals surface area contributed by atoms with Crippen LogP contribution in [0.2, 0.25) is 0 Å². The molecule has 3 aliphatic rings. The number of ether oxygens (including phenoxy) is 1.